The summed E-state index contributed by atoms with van der Waals surface area (Å²) in [6.45, 7) is 0. The third-order valence-corrected chi connectivity index (χ3v) is 15.0. The minimum atomic E-state index is 1.07. The van der Waals surface area contributed by atoms with Crippen LogP contribution in [0, 0.1) is 0 Å². The van der Waals surface area contributed by atoms with Gasteiger partial charge in [0.05, 0.1) is 22.4 Å². The van der Waals surface area contributed by atoms with Gasteiger partial charge in [-0.05, 0) is 138 Å². The number of hydrogen-bond acceptors (Lipinski definition) is 1. The fourth-order valence-electron chi connectivity index (χ4n) is 11.6. The largest absolute Gasteiger partial charge is 0.310 e. The lowest BCUT2D eigenvalue weighted by molar-refractivity contribution is 1.20. The molecule has 13 aromatic carbocycles. The summed E-state index contributed by atoms with van der Waals surface area (Å²) in [5.41, 5.74) is 18.6. The number of aromatic nitrogens is 1. The molecule has 0 bridgehead atoms. The Morgan fingerprint density at radius 1 is 0.243 bits per heavy atom. The van der Waals surface area contributed by atoms with Gasteiger partial charge in [0.2, 0.25) is 0 Å². The average molecular weight is 941 g/mol. The van der Waals surface area contributed by atoms with E-state index in [-0.39, 0.29) is 0 Å². The molecule has 0 amide bonds. The van der Waals surface area contributed by atoms with Crippen molar-refractivity contribution < 1.29 is 0 Å². The highest BCUT2D eigenvalue weighted by atomic mass is 15.1. The van der Waals surface area contributed by atoms with Crippen molar-refractivity contribution >= 4 is 71.2 Å². The van der Waals surface area contributed by atoms with Crippen LogP contribution in [-0.2, 0) is 0 Å². The maximum atomic E-state index is 2.47. The lowest BCUT2D eigenvalue weighted by Crippen LogP contribution is -2.11. The number of hydrogen-bond donors (Lipinski definition) is 0. The van der Waals surface area contributed by atoms with Crippen LogP contribution < -0.4 is 4.90 Å². The topological polar surface area (TPSA) is 8.17 Å². The summed E-state index contributed by atoms with van der Waals surface area (Å²) >= 11 is 0. The van der Waals surface area contributed by atoms with Crippen LogP contribution in [0.5, 0.6) is 0 Å². The molecular formula is C72H48N2. The van der Waals surface area contributed by atoms with Crippen LogP contribution in [0.15, 0.2) is 291 Å². The monoisotopic (exact) mass is 940 g/mol. The summed E-state index contributed by atoms with van der Waals surface area (Å²) in [6, 6.07) is 107. The molecule has 14 aromatic rings. The number of benzene rings is 13. The molecule has 346 valence electrons. The van der Waals surface area contributed by atoms with Crippen LogP contribution >= 0.6 is 0 Å². The number of nitrogens with zero attached hydrogens (tertiary/aromatic N) is 2. The van der Waals surface area contributed by atoms with E-state index in [1.54, 1.807) is 0 Å². The van der Waals surface area contributed by atoms with Gasteiger partial charge < -0.3 is 9.47 Å². The summed E-state index contributed by atoms with van der Waals surface area (Å²) in [5.74, 6) is 0. The molecule has 0 aliphatic heterocycles. The van der Waals surface area contributed by atoms with E-state index < -0.39 is 0 Å². The molecule has 0 N–H and O–H groups in total. The highest BCUT2D eigenvalue weighted by Gasteiger charge is 2.22. The molecule has 0 saturated carbocycles. The van der Waals surface area contributed by atoms with E-state index in [1.165, 1.54) is 87.5 Å². The summed E-state index contributed by atoms with van der Waals surface area (Å²) in [7, 11) is 0. The average Bonchev–Trinajstić information content (AvgIpc) is 3.85. The number of anilines is 3. The number of fused-ring (bicyclic) bond motifs is 7. The molecular weight excluding hydrogens is 893 g/mol. The second kappa shape index (κ2) is 18.1. The van der Waals surface area contributed by atoms with Gasteiger partial charge in [-0.1, -0.05) is 231 Å². The third-order valence-electron chi connectivity index (χ3n) is 15.0. The Balaban J connectivity index is 0.952. The Bertz CT molecular complexity index is 4400. The van der Waals surface area contributed by atoms with E-state index in [0.29, 0.717) is 0 Å². The van der Waals surface area contributed by atoms with Crippen LogP contribution in [-0.4, -0.2) is 4.57 Å². The Kier molecular flexibility index (Phi) is 10.6. The maximum absolute atomic E-state index is 2.47. The van der Waals surface area contributed by atoms with Gasteiger partial charge in [0.15, 0.2) is 0 Å². The molecule has 14 rings (SSSR count). The van der Waals surface area contributed by atoms with Crippen molar-refractivity contribution in [3.05, 3.63) is 291 Å². The quantitative estimate of drug-likeness (QED) is 0.140. The molecule has 0 saturated heterocycles. The van der Waals surface area contributed by atoms with Crippen molar-refractivity contribution in [2.45, 2.75) is 0 Å². The summed E-state index contributed by atoms with van der Waals surface area (Å²) in [6.07, 6.45) is 0. The van der Waals surface area contributed by atoms with Crippen molar-refractivity contribution in [3.63, 3.8) is 0 Å². The van der Waals surface area contributed by atoms with Crippen LogP contribution in [0.3, 0.4) is 0 Å². The molecule has 0 fully saturated rings. The van der Waals surface area contributed by atoms with Gasteiger partial charge in [0.25, 0.3) is 0 Å². The lowest BCUT2D eigenvalue weighted by Gasteiger charge is -2.29. The number of para-hydroxylation sites is 2. The lowest BCUT2D eigenvalue weighted by atomic mass is 9.90. The molecule has 0 aliphatic carbocycles. The zero-order valence-corrected chi connectivity index (χ0v) is 40.6. The van der Waals surface area contributed by atoms with E-state index in [2.05, 4.69) is 301 Å². The minimum absolute atomic E-state index is 1.07. The Morgan fingerprint density at radius 2 is 0.797 bits per heavy atom. The molecule has 1 heterocycles. The first kappa shape index (κ1) is 43.1. The van der Waals surface area contributed by atoms with Crippen LogP contribution in [0.25, 0.3) is 115 Å². The van der Waals surface area contributed by atoms with Crippen LogP contribution in [0.2, 0.25) is 0 Å². The minimum Gasteiger partial charge on any atom is -0.310 e. The van der Waals surface area contributed by atoms with Crippen molar-refractivity contribution in [2.24, 2.45) is 0 Å². The summed E-state index contributed by atoms with van der Waals surface area (Å²) in [5, 5.41) is 9.92. The fourth-order valence-corrected chi connectivity index (χ4v) is 11.6. The molecule has 0 atom stereocenters. The van der Waals surface area contributed by atoms with Crippen molar-refractivity contribution in [1.82, 2.24) is 4.57 Å². The van der Waals surface area contributed by atoms with Crippen LogP contribution in [0.1, 0.15) is 0 Å². The molecule has 1 aromatic heterocycles. The van der Waals surface area contributed by atoms with Gasteiger partial charge in [-0.2, -0.15) is 0 Å². The summed E-state index contributed by atoms with van der Waals surface area (Å²) < 4.78 is 2.47. The third kappa shape index (κ3) is 7.35. The van der Waals surface area contributed by atoms with Gasteiger partial charge in [-0.15, -0.1) is 0 Å². The highest BCUT2D eigenvalue weighted by molar-refractivity contribution is 6.22. The number of rotatable bonds is 9. The van der Waals surface area contributed by atoms with Gasteiger partial charge >= 0.3 is 0 Å². The first-order valence-corrected chi connectivity index (χ1v) is 25.5. The molecule has 2 nitrogen and oxygen atoms in total. The Labute approximate surface area is 430 Å². The molecule has 0 radical (unpaired) electrons. The molecule has 0 aliphatic rings. The second-order valence-corrected chi connectivity index (χ2v) is 19.2. The second-order valence-electron chi connectivity index (χ2n) is 19.2. The maximum Gasteiger partial charge on any atom is 0.0547 e. The predicted molar refractivity (Wildman–Crippen MR) is 315 cm³/mol. The van der Waals surface area contributed by atoms with E-state index in [4.69, 9.17) is 0 Å². The van der Waals surface area contributed by atoms with E-state index in [0.717, 1.165) is 45.0 Å². The van der Waals surface area contributed by atoms with Gasteiger partial charge in [0, 0.05) is 33.1 Å². The Hall–Kier alpha value is -9.76. The van der Waals surface area contributed by atoms with Gasteiger partial charge in [0.1, 0.15) is 0 Å². The molecule has 2 heteroatoms. The SMILES string of the molecule is c1ccc(-c2cc(-c3ccc(N(c4ccc(-c5ccc(-n6c7ccccc7c7c8ccccc8ccc76)c6ccccc56)c(-c5ccccc5)c4)c4ccccc4-c4ccccc4)cc3)c3ccccc3c2)cc1. The standard InChI is InChI=1S/C72H48N2/c1-4-20-49(21-5-1)55-46-54-27-11-12-28-58(54)66(47-55)53-36-39-56(40-37-53)73(68-34-18-16-29-59(68)50-22-6-2-7-23-50)57-41-42-63(67(48-57)51-24-8-3-9-25-51)62-43-45-70(64-32-15-14-31-61(62)64)74-69-35-19-17-33-65(69)72-60-30-13-10-26-52(60)38-44-71(72)74/h1-48H. The van der Waals surface area contributed by atoms with E-state index in [1.807, 2.05) is 0 Å². The van der Waals surface area contributed by atoms with Crippen LogP contribution in [0.4, 0.5) is 17.1 Å². The van der Waals surface area contributed by atoms with Gasteiger partial charge in [-0.25, -0.2) is 0 Å². The Morgan fingerprint density at radius 3 is 1.55 bits per heavy atom. The first-order valence-electron chi connectivity index (χ1n) is 25.5. The summed E-state index contributed by atoms with van der Waals surface area (Å²) in [4.78, 5) is 2.44. The van der Waals surface area contributed by atoms with E-state index in [9.17, 15) is 0 Å². The predicted octanol–water partition coefficient (Wildman–Crippen LogP) is 20.0. The zero-order valence-electron chi connectivity index (χ0n) is 40.6. The van der Waals surface area contributed by atoms with Gasteiger partial charge in [-0.3, -0.25) is 0 Å². The first-order chi connectivity index (χ1) is 36.7. The molecule has 0 spiro atoms. The zero-order chi connectivity index (χ0) is 49.0. The normalized spacial score (nSPS) is 11.5. The van der Waals surface area contributed by atoms with Crippen molar-refractivity contribution in [1.29, 1.82) is 0 Å². The fraction of sp³-hybridized carbons (Fsp3) is 0. The molecule has 74 heavy (non-hydrogen) atoms. The van der Waals surface area contributed by atoms with Crippen molar-refractivity contribution in [2.75, 3.05) is 4.90 Å². The smallest absolute Gasteiger partial charge is 0.0547 e. The highest BCUT2D eigenvalue weighted by Crippen LogP contribution is 2.47. The molecule has 0 unspecified atom stereocenters. The van der Waals surface area contributed by atoms with Crippen molar-refractivity contribution in [3.8, 4) is 61.3 Å². The van der Waals surface area contributed by atoms with E-state index >= 15 is 0 Å².